The van der Waals surface area contributed by atoms with Crippen LogP contribution in [0.2, 0.25) is 0 Å². The molecule has 0 atom stereocenters. The van der Waals surface area contributed by atoms with Crippen LogP contribution in [0.3, 0.4) is 0 Å². The number of carbonyl (C=O) groups excluding carboxylic acids is 2. The molecule has 0 fully saturated rings. The van der Waals surface area contributed by atoms with Crippen LogP contribution in [0.4, 0.5) is 5.69 Å². The minimum Gasteiger partial charge on any atom is -0.465 e. The quantitative estimate of drug-likeness (QED) is 0.673. The number of anilines is 1. The summed E-state index contributed by atoms with van der Waals surface area (Å²) in [6, 6.07) is 14.3. The molecule has 0 spiro atoms. The molecule has 0 amide bonds. The third kappa shape index (κ3) is 2.87. The summed E-state index contributed by atoms with van der Waals surface area (Å²) in [5.74, 6) is -0.643. The molecule has 0 unspecified atom stereocenters. The number of methoxy groups -OCH3 is 1. The van der Waals surface area contributed by atoms with Gasteiger partial charge in [0.25, 0.3) is 10.0 Å². The largest absolute Gasteiger partial charge is 0.465 e. The zero-order valence-corrected chi connectivity index (χ0v) is 15.7. The number of sulfonamides is 1. The Bertz CT molecular complexity index is 1220. The van der Waals surface area contributed by atoms with Crippen LogP contribution in [-0.4, -0.2) is 26.6 Å². The van der Waals surface area contributed by atoms with Crippen molar-refractivity contribution in [2.75, 3.05) is 11.8 Å². The van der Waals surface area contributed by atoms with Crippen LogP contribution in [0, 0.1) is 0 Å². The summed E-state index contributed by atoms with van der Waals surface area (Å²) in [5.41, 5.74) is 0.734. The molecule has 1 heterocycles. The van der Waals surface area contributed by atoms with Gasteiger partial charge in [-0.1, -0.05) is 24.3 Å². The average molecular weight is 399 g/mol. The Hall–Kier alpha value is -2.84. The summed E-state index contributed by atoms with van der Waals surface area (Å²) >= 11 is 1.09. The maximum absolute atomic E-state index is 13.0. The van der Waals surface area contributed by atoms with E-state index in [2.05, 4.69) is 4.72 Å². The van der Waals surface area contributed by atoms with Gasteiger partial charge in [0, 0.05) is 21.2 Å². The third-order valence-electron chi connectivity index (χ3n) is 4.25. The van der Waals surface area contributed by atoms with E-state index in [4.69, 9.17) is 4.74 Å². The van der Waals surface area contributed by atoms with Crippen LogP contribution >= 0.6 is 11.8 Å². The first kappa shape index (κ1) is 17.6. The van der Waals surface area contributed by atoms with Gasteiger partial charge in [0.2, 0.25) is 5.12 Å². The molecule has 0 aliphatic carbocycles. The SMILES string of the molecule is COC(=O)c1ccccc1NS(=O)(=O)c1ccc2c3c(cccc13)C(=O)S2. The molecule has 0 radical (unpaired) electrons. The molecular weight excluding hydrogens is 386 g/mol. The number of thioether (sulfide) groups is 1. The van der Waals surface area contributed by atoms with Crippen molar-refractivity contribution in [2.24, 2.45) is 0 Å². The predicted octanol–water partition coefficient (Wildman–Crippen LogP) is 3.67. The van der Waals surface area contributed by atoms with Crippen molar-refractivity contribution in [1.29, 1.82) is 0 Å². The summed E-state index contributed by atoms with van der Waals surface area (Å²) < 4.78 is 33.3. The van der Waals surface area contributed by atoms with Gasteiger partial charge < -0.3 is 4.74 Å². The fraction of sp³-hybridized carbons (Fsp3) is 0.0526. The number of nitrogens with one attached hydrogen (secondary N) is 1. The number of rotatable bonds is 4. The second-order valence-corrected chi connectivity index (χ2v) is 8.49. The van der Waals surface area contributed by atoms with Crippen LogP contribution < -0.4 is 4.72 Å². The Labute approximate surface area is 159 Å². The Kier molecular flexibility index (Phi) is 4.16. The lowest BCUT2D eigenvalue weighted by atomic mass is 10.1. The van der Waals surface area contributed by atoms with Crippen LogP contribution in [-0.2, 0) is 14.8 Å². The second kappa shape index (κ2) is 6.40. The average Bonchev–Trinajstić information content (AvgIpc) is 2.99. The predicted molar refractivity (Wildman–Crippen MR) is 103 cm³/mol. The van der Waals surface area contributed by atoms with Gasteiger partial charge in [-0.05, 0) is 42.1 Å². The Balaban J connectivity index is 1.85. The number of ether oxygens (including phenoxy) is 1. The summed E-state index contributed by atoms with van der Waals surface area (Å²) in [5, 5.41) is 0.997. The van der Waals surface area contributed by atoms with Crippen molar-refractivity contribution in [1.82, 2.24) is 0 Å². The number of hydrogen-bond acceptors (Lipinski definition) is 6. The van der Waals surface area contributed by atoms with Crippen molar-refractivity contribution in [3.05, 3.63) is 65.7 Å². The fourth-order valence-electron chi connectivity index (χ4n) is 3.05. The molecule has 1 N–H and O–H groups in total. The second-order valence-electron chi connectivity index (χ2n) is 5.82. The smallest absolute Gasteiger partial charge is 0.339 e. The number of hydrogen-bond donors (Lipinski definition) is 1. The summed E-state index contributed by atoms with van der Waals surface area (Å²) in [7, 11) is -2.78. The number of esters is 1. The van der Waals surface area contributed by atoms with Gasteiger partial charge >= 0.3 is 5.97 Å². The van der Waals surface area contributed by atoms with Crippen molar-refractivity contribution >= 4 is 49.3 Å². The normalized spacial score (nSPS) is 13.0. The Morgan fingerprint density at radius 1 is 1.04 bits per heavy atom. The molecule has 3 aromatic carbocycles. The van der Waals surface area contributed by atoms with Gasteiger partial charge in [0.15, 0.2) is 0 Å². The molecule has 8 heteroatoms. The third-order valence-corrected chi connectivity index (χ3v) is 6.64. The number of benzene rings is 3. The van der Waals surface area contributed by atoms with Gasteiger partial charge in [0.1, 0.15) is 0 Å². The van der Waals surface area contributed by atoms with Gasteiger partial charge in [-0.25, -0.2) is 13.2 Å². The van der Waals surface area contributed by atoms with E-state index in [0.717, 1.165) is 16.7 Å². The Morgan fingerprint density at radius 2 is 1.81 bits per heavy atom. The van der Waals surface area contributed by atoms with Crippen LogP contribution in [0.5, 0.6) is 0 Å². The highest BCUT2D eigenvalue weighted by molar-refractivity contribution is 8.14. The maximum Gasteiger partial charge on any atom is 0.339 e. The molecule has 136 valence electrons. The molecule has 1 aliphatic heterocycles. The molecule has 0 aromatic heterocycles. The van der Waals surface area contributed by atoms with Crippen LogP contribution in [0.25, 0.3) is 10.8 Å². The maximum atomic E-state index is 13.0. The standard InChI is InChI=1S/C19H13NO5S2/c1-25-18(21)11-5-2-3-8-14(11)20-27(23,24)16-10-9-15-17-12(16)6-4-7-13(17)19(22)26-15/h2-10,20H,1H3. The van der Waals surface area contributed by atoms with E-state index >= 15 is 0 Å². The molecule has 27 heavy (non-hydrogen) atoms. The van der Waals surface area contributed by atoms with E-state index < -0.39 is 16.0 Å². The van der Waals surface area contributed by atoms with E-state index in [1.807, 2.05) is 0 Å². The van der Waals surface area contributed by atoms with E-state index in [1.165, 1.54) is 25.3 Å². The minimum absolute atomic E-state index is 0.0399. The topological polar surface area (TPSA) is 89.5 Å². The van der Waals surface area contributed by atoms with Gasteiger partial charge in [0.05, 0.1) is 23.3 Å². The van der Waals surface area contributed by atoms with E-state index in [1.54, 1.807) is 36.4 Å². The van der Waals surface area contributed by atoms with Crippen LogP contribution in [0.15, 0.2) is 64.4 Å². The van der Waals surface area contributed by atoms with E-state index in [0.29, 0.717) is 16.3 Å². The summed E-state index contributed by atoms with van der Waals surface area (Å²) in [6.45, 7) is 0. The highest BCUT2D eigenvalue weighted by atomic mass is 32.2. The number of para-hydroxylation sites is 1. The van der Waals surface area contributed by atoms with Gasteiger partial charge in [-0.15, -0.1) is 0 Å². The molecule has 3 aromatic rings. The van der Waals surface area contributed by atoms with Gasteiger partial charge in [-0.2, -0.15) is 0 Å². The lowest BCUT2D eigenvalue weighted by Gasteiger charge is -2.13. The highest BCUT2D eigenvalue weighted by Gasteiger charge is 2.28. The highest BCUT2D eigenvalue weighted by Crippen LogP contribution is 2.42. The zero-order chi connectivity index (χ0) is 19.2. The zero-order valence-electron chi connectivity index (χ0n) is 14.1. The van der Waals surface area contributed by atoms with Crippen molar-refractivity contribution in [3.8, 4) is 0 Å². The Morgan fingerprint density at radius 3 is 2.59 bits per heavy atom. The number of carbonyl (C=O) groups is 2. The van der Waals surface area contributed by atoms with Crippen molar-refractivity contribution in [2.45, 2.75) is 9.79 Å². The summed E-state index contributed by atoms with van der Waals surface area (Å²) in [4.78, 5) is 24.8. The lowest BCUT2D eigenvalue weighted by molar-refractivity contribution is 0.0602. The molecule has 0 saturated carbocycles. The molecule has 1 aliphatic rings. The molecule has 0 saturated heterocycles. The van der Waals surface area contributed by atoms with E-state index in [9.17, 15) is 18.0 Å². The minimum atomic E-state index is -4.01. The molecule has 4 rings (SSSR count). The molecular formula is C19H13NO5S2. The van der Waals surface area contributed by atoms with Crippen molar-refractivity contribution < 1.29 is 22.7 Å². The lowest BCUT2D eigenvalue weighted by Crippen LogP contribution is -2.16. The fourth-order valence-corrected chi connectivity index (χ4v) is 5.27. The summed E-state index contributed by atoms with van der Waals surface area (Å²) in [6.07, 6.45) is 0. The first-order valence-electron chi connectivity index (χ1n) is 7.90. The first-order valence-corrected chi connectivity index (χ1v) is 10.2. The molecule has 0 bridgehead atoms. The monoisotopic (exact) mass is 399 g/mol. The van der Waals surface area contributed by atoms with E-state index in [-0.39, 0.29) is 21.3 Å². The van der Waals surface area contributed by atoms with Gasteiger partial charge in [-0.3, -0.25) is 9.52 Å². The van der Waals surface area contributed by atoms with Crippen molar-refractivity contribution in [3.63, 3.8) is 0 Å². The first-order chi connectivity index (χ1) is 12.9. The van der Waals surface area contributed by atoms with Crippen LogP contribution in [0.1, 0.15) is 20.7 Å². The molecule has 6 nitrogen and oxygen atoms in total.